The van der Waals surface area contributed by atoms with Crippen molar-refractivity contribution in [1.29, 1.82) is 0 Å². The van der Waals surface area contributed by atoms with Crippen molar-refractivity contribution in [2.24, 2.45) is 0 Å². The van der Waals surface area contributed by atoms with Gasteiger partial charge in [0.15, 0.2) is 0 Å². The number of carbonyl (C=O) groups excluding carboxylic acids is 2. The molecule has 1 amide bonds. The zero-order chi connectivity index (χ0) is 24.2. The van der Waals surface area contributed by atoms with E-state index in [4.69, 9.17) is 9.84 Å². The summed E-state index contributed by atoms with van der Waals surface area (Å²) in [5, 5.41) is 7.79. The van der Waals surface area contributed by atoms with Crippen molar-refractivity contribution < 1.29 is 14.3 Å². The van der Waals surface area contributed by atoms with Gasteiger partial charge >= 0.3 is 5.97 Å². The van der Waals surface area contributed by atoms with Crippen molar-refractivity contribution >= 4 is 17.6 Å². The van der Waals surface area contributed by atoms with Crippen molar-refractivity contribution in [1.82, 2.24) is 9.78 Å². The third-order valence-corrected chi connectivity index (χ3v) is 5.53. The van der Waals surface area contributed by atoms with Crippen LogP contribution in [0.25, 0.3) is 28.1 Å². The molecule has 0 unspecified atom stereocenters. The van der Waals surface area contributed by atoms with Crippen LogP contribution in [0.2, 0.25) is 0 Å². The van der Waals surface area contributed by atoms with Gasteiger partial charge in [0, 0.05) is 24.6 Å². The first-order valence-corrected chi connectivity index (χ1v) is 11.2. The Morgan fingerprint density at radius 2 is 1.56 bits per heavy atom. The largest absolute Gasteiger partial charge is 0.407 e. The van der Waals surface area contributed by atoms with Gasteiger partial charge in [0.2, 0.25) is 11.8 Å². The molecule has 1 aromatic heterocycles. The summed E-state index contributed by atoms with van der Waals surface area (Å²) in [6, 6.07) is 23.4. The molecular formula is C28H27N3O3. The number of carbonyl (C=O) groups is 2. The summed E-state index contributed by atoms with van der Waals surface area (Å²) in [4.78, 5) is 23.9. The first-order chi connectivity index (χ1) is 16.4. The molecule has 1 N–H and O–H groups in total. The number of ether oxygens (including phenoxy) is 1. The molecule has 0 saturated heterocycles. The molecule has 0 fully saturated rings. The van der Waals surface area contributed by atoms with Crippen molar-refractivity contribution in [3.8, 4) is 34.0 Å². The maximum atomic E-state index is 12.2. The van der Waals surface area contributed by atoms with E-state index in [0.29, 0.717) is 29.2 Å². The molecule has 4 aromatic rings. The molecule has 0 atom stereocenters. The second kappa shape index (κ2) is 9.75. The Hall–Kier alpha value is -4.19. The summed E-state index contributed by atoms with van der Waals surface area (Å²) in [5.74, 6) is -0.137. The van der Waals surface area contributed by atoms with E-state index < -0.39 is 5.97 Å². The van der Waals surface area contributed by atoms with Gasteiger partial charge in [-0.05, 0) is 43.2 Å². The number of benzene rings is 3. The van der Waals surface area contributed by atoms with Gasteiger partial charge in [-0.25, -0.2) is 0 Å². The molecule has 0 spiro atoms. The van der Waals surface area contributed by atoms with Gasteiger partial charge in [0.25, 0.3) is 0 Å². The molecule has 0 aliphatic carbocycles. The number of esters is 1. The van der Waals surface area contributed by atoms with Crippen molar-refractivity contribution in [2.45, 2.75) is 34.1 Å². The molecule has 172 valence electrons. The molecule has 34 heavy (non-hydrogen) atoms. The van der Waals surface area contributed by atoms with Crippen LogP contribution in [0.5, 0.6) is 5.88 Å². The van der Waals surface area contributed by atoms with Gasteiger partial charge in [-0.2, -0.15) is 9.78 Å². The predicted octanol–water partition coefficient (Wildman–Crippen LogP) is 6.10. The fourth-order valence-electron chi connectivity index (χ4n) is 3.74. The molecule has 0 bridgehead atoms. The van der Waals surface area contributed by atoms with E-state index in [-0.39, 0.29) is 5.91 Å². The van der Waals surface area contributed by atoms with E-state index in [1.54, 1.807) is 4.68 Å². The van der Waals surface area contributed by atoms with E-state index in [1.807, 2.05) is 93.6 Å². The average molecular weight is 454 g/mol. The summed E-state index contributed by atoms with van der Waals surface area (Å²) in [7, 11) is 0. The molecule has 0 saturated carbocycles. The van der Waals surface area contributed by atoms with Crippen LogP contribution in [0.4, 0.5) is 5.69 Å². The van der Waals surface area contributed by atoms with Crippen LogP contribution >= 0.6 is 0 Å². The van der Waals surface area contributed by atoms with E-state index in [9.17, 15) is 9.59 Å². The smallest absolute Gasteiger partial charge is 0.309 e. The summed E-state index contributed by atoms with van der Waals surface area (Å²) in [5.41, 5.74) is 6.79. The second-order valence-corrected chi connectivity index (χ2v) is 8.17. The van der Waals surface area contributed by atoms with Crippen LogP contribution < -0.4 is 10.1 Å². The van der Waals surface area contributed by atoms with Gasteiger partial charge in [0.05, 0.1) is 11.3 Å². The lowest BCUT2D eigenvalue weighted by atomic mass is 10.00. The summed E-state index contributed by atoms with van der Waals surface area (Å²) < 4.78 is 7.46. The van der Waals surface area contributed by atoms with E-state index in [2.05, 4.69) is 5.32 Å². The zero-order valence-electron chi connectivity index (χ0n) is 19.8. The van der Waals surface area contributed by atoms with Gasteiger partial charge in [-0.3, -0.25) is 9.59 Å². The Kier molecular flexibility index (Phi) is 6.59. The van der Waals surface area contributed by atoms with Crippen LogP contribution in [0.15, 0.2) is 72.8 Å². The topological polar surface area (TPSA) is 73.2 Å². The number of rotatable bonds is 6. The van der Waals surface area contributed by atoms with Crippen LogP contribution in [0.3, 0.4) is 0 Å². The number of hydrogen-bond donors (Lipinski definition) is 1. The highest BCUT2D eigenvalue weighted by Gasteiger charge is 2.25. The molecule has 0 aliphatic heterocycles. The molecule has 6 heteroatoms. The predicted molar refractivity (Wildman–Crippen MR) is 134 cm³/mol. The van der Waals surface area contributed by atoms with Gasteiger partial charge in [-0.1, -0.05) is 67.1 Å². The highest BCUT2D eigenvalue weighted by molar-refractivity contribution is 5.92. The van der Waals surface area contributed by atoms with Crippen molar-refractivity contribution in [3.63, 3.8) is 0 Å². The number of hydrogen-bond acceptors (Lipinski definition) is 4. The molecular weight excluding hydrogens is 426 g/mol. The first kappa shape index (κ1) is 23.0. The summed E-state index contributed by atoms with van der Waals surface area (Å²) in [6.45, 7) is 7.21. The number of aryl methyl sites for hydroxylation is 2. The first-order valence-electron chi connectivity index (χ1n) is 11.2. The Bertz CT molecular complexity index is 1340. The molecule has 1 heterocycles. The maximum Gasteiger partial charge on any atom is 0.309 e. The van der Waals surface area contributed by atoms with Crippen LogP contribution in [-0.2, 0) is 9.59 Å². The molecule has 0 aliphatic rings. The van der Waals surface area contributed by atoms with Crippen LogP contribution in [-0.4, -0.2) is 21.7 Å². The highest BCUT2D eigenvalue weighted by atomic mass is 16.5. The van der Waals surface area contributed by atoms with E-state index in [0.717, 1.165) is 27.9 Å². The normalized spacial score (nSPS) is 10.7. The third-order valence-electron chi connectivity index (χ3n) is 5.53. The van der Waals surface area contributed by atoms with Gasteiger partial charge < -0.3 is 10.1 Å². The van der Waals surface area contributed by atoms with Gasteiger partial charge in [-0.15, -0.1) is 0 Å². The molecule has 4 rings (SSSR count). The minimum absolute atomic E-state index is 0.0546. The Labute approximate surface area is 199 Å². The van der Waals surface area contributed by atoms with Crippen molar-refractivity contribution in [3.05, 3.63) is 83.9 Å². The zero-order valence-corrected chi connectivity index (χ0v) is 19.8. The fourth-order valence-corrected chi connectivity index (χ4v) is 3.74. The Balaban J connectivity index is 1.95. The second-order valence-electron chi connectivity index (χ2n) is 8.17. The summed E-state index contributed by atoms with van der Waals surface area (Å²) in [6.07, 6.45) is 0.402. The average Bonchev–Trinajstić information content (AvgIpc) is 3.18. The molecule has 0 radical (unpaired) electrons. The summed E-state index contributed by atoms with van der Waals surface area (Å²) >= 11 is 0. The molecule has 6 nitrogen and oxygen atoms in total. The van der Waals surface area contributed by atoms with Gasteiger partial charge in [0.1, 0.15) is 5.69 Å². The van der Waals surface area contributed by atoms with E-state index in [1.165, 1.54) is 6.92 Å². The minimum atomic E-state index is -0.432. The van der Waals surface area contributed by atoms with Crippen LogP contribution in [0.1, 0.15) is 31.4 Å². The third kappa shape index (κ3) is 4.76. The van der Waals surface area contributed by atoms with Crippen LogP contribution in [0, 0.1) is 13.8 Å². The lowest BCUT2D eigenvalue weighted by Crippen LogP contribution is -2.09. The number of nitrogens with one attached hydrogen (secondary N) is 1. The Morgan fingerprint density at radius 3 is 2.18 bits per heavy atom. The minimum Gasteiger partial charge on any atom is -0.407 e. The number of amides is 1. The molecule has 3 aromatic carbocycles. The number of anilines is 1. The standard InChI is InChI=1S/C28H27N3O3/c1-5-25(33)29-23-16-14-21(15-17-23)26-27(22-12-10-18(2)11-13-22)30-31(28(26)34-20(4)32)24-9-7-6-8-19(24)3/h6-17H,5H2,1-4H3,(H,29,33). The number of nitrogens with zero attached hydrogens (tertiary/aromatic N) is 2. The number of aromatic nitrogens is 2. The SMILES string of the molecule is CCC(=O)Nc1ccc(-c2c(-c3ccc(C)cc3)nn(-c3ccccc3C)c2OC(C)=O)cc1. The number of para-hydroxylation sites is 1. The van der Waals surface area contributed by atoms with E-state index >= 15 is 0 Å². The quantitative estimate of drug-likeness (QED) is 0.358. The Morgan fingerprint density at radius 1 is 0.912 bits per heavy atom. The fraction of sp³-hybridized carbons (Fsp3) is 0.179. The monoisotopic (exact) mass is 453 g/mol. The lowest BCUT2D eigenvalue weighted by Gasteiger charge is -2.11. The highest BCUT2D eigenvalue weighted by Crippen LogP contribution is 2.41. The van der Waals surface area contributed by atoms with Crippen molar-refractivity contribution in [2.75, 3.05) is 5.32 Å². The maximum absolute atomic E-state index is 12.2. The lowest BCUT2D eigenvalue weighted by molar-refractivity contribution is -0.132.